The molecule has 0 bridgehead atoms. The summed E-state index contributed by atoms with van der Waals surface area (Å²) < 4.78 is 0. The van der Waals surface area contributed by atoms with Crippen LogP contribution in [-0.2, 0) is 6.54 Å². The maximum absolute atomic E-state index is 12.0. The smallest absolute Gasteiger partial charge is 0.317 e. The van der Waals surface area contributed by atoms with Crippen LogP contribution in [0.15, 0.2) is 48.5 Å². The van der Waals surface area contributed by atoms with Crippen molar-refractivity contribution in [3.8, 4) is 17.2 Å². The first-order valence-corrected chi connectivity index (χ1v) is 8.26. The Kier molecular flexibility index (Phi) is 6.55. The number of aliphatic hydroxyl groups is 1. The van der Waals surface area contributed by atoms with Crippen molar-refractivity contribution in [2.45, 2.75) is 26.0 Å². The fourth-order valence-corrected chi connectivity index (χ4v) is 2.43. The average Bonchev–Trinajstić information content (AvgIpc) is 2.64. The Hall–Kier alpha value is -2.84. The molecule has 130 valence electrons. The third-order valence-corrected chi connectivity index (χ3v) is 3.99. The number of nitrogens with one attached hydrogen (secondary N) is 1. The van der Waals surface area contributed by atoms with Crippen molar-refractivity contribution in [2.24, 2.45) is 0 Å². The van der Waals surface area contributed by atoms with Crippen LogP contribution < -0.4 is 5.32 Å². The van der Waals surface area contributed by atoms with E-state index in [0.29, 0.717) is 25.1 Å². The highest BCUT2D eigenvalue weighted by atomic mass is 16.3. The Morgan fingerprint density at radius 3 is 2.56 bits per heavy atom. The van der Waals surface area contributed by atoms with E-state index in [0.717, 1.165) is 16.7 Å². The molecule has 0 aliphatic rings. The number of hydrogen-bond acceptors (Lipinski definition) is 3. The topological polar surface area (TPSA) is 76.4 Å². The van der Waals surface area contributed by atoms with Crippen LogP contribution in [0.2, 0.25) is 0 Å². The van der Waals surface area contributed by atoms with E-state index in [4.69, 9.17) is 0 Å². The van der Waals surface area contributed by atoms with Gasteiger partial charge in [0.2, 0.25) is 0 Å². The molecule has 2 aromatic rings. The molecule has 2 N–H and O–H groups in total. The average molecular weight is 337 g/mol. The zero-order chi connectivity index (χ0) is 18.2. The summed E-state index contributed by atoms with van der Waals surface area (Å²) >= 11 is 0. The molecule has 0 saturated carbocycles. The molecule has 25 heavy (non-hydrogen) atoms. The Morgan fingerprint density at radius 1 is 1.24 bits per heavy atom. The van der Waals surface area contributed by atoms with Crippen LogP contribution in [0.4, 0.5) is 4.79 Å². The summed E-state index contributed by atoms with van der Waals surface area (Å²) in [5.74, 6) is 0. The van der Waals surface area contributed by atoms with Crippen molar-refractivity contribution < 1.29 is 9.90 Å². The van der Waals surface area contributed by atoms with Gasteiger partial charge >= 0.3 is 6.03 Å². The zero-order valence-electron chi connectivity index (χ0n) is 14.6. The van der Waals surface area contributed by atoms with Crippen LogP contribution in [0.3, 0.4) is 0 Å². The number of aliphatic hydroxyl groups excluding tert-OH is 1. The lowest BCUT2D eigenvalue weighted by Gasteiger charge is -2.18. The fraction of sp³-hybridized carbons (Fsp3) is 0.300. The minimum Gasteiger partial charge on any atom is -0.393 e. The molecule has 0 radical (unpaired) electrons. The Morgan fingerprint density at radius 2 is 1.92 bits per heavy atom. The highest BCUT2D eigenvalue weighted by Gasteiger charge is 2.09. The van der Waals surface area contributed by atoms with Gasteiger partial charge in [0.1, 0.15) is 0 Å². The first kappa shape index (κ1) is 18.5. The number of nitrogens with zero attached hydrogens (tertiary/aromatic N) is 2. The molecule has 0 saturated heterocycles. The minimum atomic E-state index is -0.418. The van der Waals surface area contributed by atoms with Crippen LogP contribution in [0, 0.1) is 11.3 Å². The number of rotatable bonds is 6. The quantitative estimate of drug-likeness (QED) is 0.850. The van der Waals surface area contributed by atoms with E-state index in [9.17, 15) is 15.2 Å². The summed E-state index contributed by atoms with van der Waals surface area (Å²) in [5.41, 5.74) is 3.50. The standard InChI is InChI=1S/C20H23N3O2/c1-15(24)11-12-23(2)20(25)22-14-16-7-9-17(10-8-16)19-6-4-3-5-18(19)13-21/h3-10,15,24H,11-12,14H2,1-2H3,(H,22,25)/t15-/m1/s1. The fourth-order valence-electron chi connectivity index (χ4n) is 2.43. The molecule has 2 rings (SSSR count). The van der Waals surface area contributed by atoms with Gasteiger partial charge in [0.25, 0.3) is 0 Å². The van der Waals surface area contributed by atoms with Crippen molar-refractivity contribution in [3.05, 3.63) is 59.7 Å². The van der Waals surface area contributed by atoms with Crippen LogP contribution in [0.5, 0.6) is 0 Å². The zero-order valence-corrected chi connectivity index (χ0v) is 14.6. The second-order valence-corrected chi connectivity index (χ2v) is 6.07. The predicted octanol–water partition coefficient (Wildman–Crippen LogP) is 3.14. The second kappa shape index (κ2) is 8.86. The van der Waals surface area contributed by atoms with Crippen LogP contribution in [0.25, 0.3) is 11.1 Å². The van der Waals surface area contributed by atoms with Crippen LogP contribution >= 0.6 is 0 Å². The number of nitriles is 1. The van der Waals surface area contributed by atoms with Crippen molar-refractivity contribution in [2.75, 3.05) is 13.6 Å². The van der Waals surface area contributed by atoms with E-state index in [1.807, 2.05) is 42.5 Å². The Labute approximate surface area is 148 Å². The number of amides is 2. The van der Waals surface area contributed by atoms with Gasteiger partial charge in [-0.05, 0) is 36.1 Å². The minimum absolute atomic E-state index is 0.167. The Bertz CT molecular complexity index is 748. The van der Waals surface area contributed by atoms with Crippen molar-refractivity contribution >= 4 is 6.03 Å². The molecule has 0 spiro atoms. The molecule has 1 atom stereocenters. The van der Waals surface area contributed by atoms with Crippen LogP contribution in [0.1, 0.15) is 24.5 Å². The van der Waals surface area contributed by atoms with E-state index in [1.54, 1.807) is 24.9 Å². The normalized spacial score (nSPS) is 11.4. The molecule has 2 aromatic carbocycles. The van der Waals surface area contributed by atoms with E-state index in [1.165, 1.54) is 0 Å². The highest BCUT2D eigenvalue weighted by molar-refractivity contribution is 5.74. The summed E-state index contributed by atoms with van der Waals surface area (Å²) in [6.07, 6.45) is 0.135. The van der Waals surface area contributed by atoms with E-state index in [2.05, 4.69) is 11.4 Å². The number of carbonyl (C=O) groups is 1. The van der Waals surface area contributed by atoms with Gasteiger partial charge in [-0.1, -0.05) is 42.5 Å². The third-order valence-electron chi connectivity index (χ3n) is 3.99. The van der Waals surface area contributed by atoms with Crippen LogP contribution in [-0.4, -0.2) is 35.7 Å². The molecule has 0 aliphatic carbocycles. The maximum atomic E-state index is 12.0. The molecule has 5 nitrogen and oxygen atoms in total. The molecule has 2 amide bonds. The first-order chi connectivity index (χ1) is 12.0. The van der Waals surface area contributed by atoms with Gasteiger partial charge in [-0.2, -0.15) is 5.26 Å². The second-order valence-electron chi connectivity index (χ2n) is 6.07. The van der Waals surface area contributed by atoms with Gasteiger partial charge < -0.3 is 15.3 Å². The van der Waals surface area contributed by atoms with Gasteiger partial charge in [0.05, 0.1) is 17.7 Å². The molecular weight excluding hydrogens is 314 g/mol. The lowest BCUT2D eigenvalue weighted by Crippen LogP contribution is -2.38. The van der Waals surface area contributed by atoms with Gasteiger partial charge in [-0.25, -0.2) is 4.79 Å². The summed E-state index contributed by atoms with van der Waals surface area (Å²) in [6.45, 7) is 2.64. The molecular formula is C20H23N3O2. The largest absolute Gasteiger partial charge is 0.393 e. The van der Waals surface area contributed by atoms with Crippen molar-refractivity contribution in [3.63, 3.8) is 0 Å². The number of carbonyl (C=O) groups excluding carboxylic acids is 1. The van der Waals surface area contributed by atoms with Gasteiger partial charge in [-0.3, -0.25) is 0 Å². The van der Waals surface area contributed by atoms with E-state index >= 15 is 0 Å². The molecule has 0 heterocycles. The highest BCUT2D eigenvalue weighted by Crippen LogP contribution is 2.23. The first-order valence-electron chi connectivity index (χ1n) is 8.26. The number of urea groups is 1. The Balaban J connectivity index is 1.95. The summed E-state index contributed by atoms with van der Waals surface area (Å²) in [5, 5.41) is 21.3. The lowest BCUT2D eigenvalue weighted by atomic mass is 9.99. The predicted molar refractivity (Wildman–Crippen MR) is 97.8 cm³/mol. The summed E-state index contributed by atoms with van der Waals surface area (Å²) in [6, 6.07) is 17.3. The molecule has 5 heteroatoms. The number of hydrogen-bond donors (Lipinski definition) is 2. The summed E-state index contributed by atoms with van der Waals surface area (Å²) in [4.78, 5) is 13.6. The maximum Gasteiger partial charge on any atom is 0.317 e. The third kappa shape index (κ3) is 5.33. The van der Waals surface area contributed by atoms with Gasteiger partial charge in [0, 0.05) is 20.1 Å². The van der Waals surface area contributed by atoms with Crippen molar-refractivity contribution in [1.29, 1.82) is 5.26 Å². The van der Waals surface area contributed by atoms with Gasteiger partial charge in [-0.15, -0.1) is 0 Å². The molecule has 0 fully saturated rings. The molecule has 0 aromatic heterocycles. The van der Waals surface area contributed by atoms with E-state index < -0.39 is 6.10 Å². The lowest BCUT2D eigenvalue weighted by molar-refractivity contribution is 0.163. The SMILES string of the molecule is C[C@@H](O)CCN(C)C(=O)NCc1ccc(-c2ccccc2C#N)cc1. The van der Waals surface area contributed by atoms with E-state index in [-0.39, 0.29) is 6.03 Å². The monoisotopic (exact) mass is 337 g/mol. The summed E-state index contributed by atoms with van der Waals surface area (Å²) in [7, 11) is 1.71. The van der Waals surface area contributed by atoms with Gasteiger partial charge in [0.15, 0.2) is 0 Å². The molecule has 0 unspecified atom stereocenters. The number of benzene rings is 2. The molecule has 0 aliphatic heterocycles. The van der Waals surface area contributed by atoms with Crippen molar-refractivity contribution in [1.82, 2.24) is 10.2 Å².